The van der Waals surface area contributed by atoms with Crippen molar-refractivity contribution in [3.8, 4) is 0 Å². The van der Waals surface area contributed by atoms with Crippen molar-refractivity contribution in [1.82, 2.24) is 31.3 Å². The third-order valence-corrected chi connectivity index (χ3v) is 7.85. The number of hydrogen-bond donors (Lipinski definition) is 4. The van der Waals surface area contributed by atoms with Crippen LogP contribution < -0.4 is 21.4 Å². The maximum atomic E-state index is 11.8. The average molecular weight is 556 g/mol. The van der Waals surface area contributed by atoms with E-state index in [1.54, 1.807) is 19.0 Å². The number of hydrazine groups is 1. The zero-order chi connectivity index (χ0) is 28.8. The van der Waals surface area contributed by atoms with Gasteiger partial charge in [-0.2, -0.15) is 0 Å². The minimum Gasteiger partial charge on any atom is -0.495 e. The number of ether oxygens (including phenoxy) is 2. The molecule has 0 aromatic carbocycles. The van der Waals surface area contributed by atoms with E-state index in [4.69, 9.17) is 14.5 Å². The number of nitrogens with one attached hydrogen (secondary N) is 4. The predicted molar refractivity (Wildman–Crippen MR) is 154 cm³/mol. The largest absolute Gasteiger partial charge is 0.495 e. The molecule has 0 spiro atoms. The molecule has 1 unspecified atom stereocenters. The van der Waals surface area contributed by atoms with Crippen LogP contribution in [0, 0.1) is 5.92 Å². The molecule has 1 saturated carbocycles. The van der Waals surface area contributed by atoms with Crippen LogP contribution in [0.2, 0.25) is 0 Å². The van der Waals surface area contributed by atoms with Crippen molar-refractivity contribution in [2.24, 2.45) is 10.9 Å². The Labute approximate surface area is 237 Å². The summed E-state index contributed by atoms with van der Waals surface area (Å²) < 4.78 is 12.2. The molecule has 0 radical (unpaired) electrons. The van der Waals surface area contributed by atoms with Gasteiger partial charge in [-0.3, -0.25) is 14.6 Å². The normalized spacial score (nSPS) is 25.5. The summed E-state index contributed by atoms with van der Waals surface area (Å²) in [5.74, 6) is 1.56. The quantitative estimate of drug-likeness (QED) is 0.226. The van der Waals surface area contributed by atoms with E-state index in [2.05, 4.69) is 39.3 Å². The lowest BCUT2D eigenvalue weighted by Gasteiger charge is -2.38. The van der Waals surface area contributed by atoms with Crippen LogP contribution >= 0.6 is 0 Å². The zero-order valence-corrected chi connectivity index (χ0v) is 24.7. The Morgan fingerprint density at radius 1 is 1.23 bits per heavy atom. The number of allylic oxidation sites excluding steroid dienone is 4. The molecule has 3 atom stereocenters. The molecule has 220 valence electrons. The van der Waals surface area contributed by atoms with Crippen LogP contribution in [0.1, 0.15) is 53.4 Å². The molecule has 2 amide bonds. The first-order valence-electron chi connectivity index (χ1n) is 14.3. The van der Waals surface area contributed by atoms with Gasteiger partial charge in [-0.1, -0.05) is 6.08 Å². The molecule has 11 nitrogen and oxygen atoms in total. The zero-order valence-electron chi connectivity index (χ0n) is 24.7. The van der Waals surface area contributed by atoms with Gasteiger partial charge in [-0.25, -0.2) is 10.4 Å². The third-order valence-electron chi connectivity index (χ3n) is 7.85. The molecule has 3 aliphatic heterocycles. The molecule has 0 aromatic rings. The van der Waals surface area contributed by atoms with Gasteiger partial charge in [0, 0.05) is 50.5 Å². The average Bonchev–Trinajstić information content (AvgIpc) is 3.67. The van der Waals surface area contributed by atoms with E-state index in [1.165, 1.54) is 0 Å². The number of carbonyl (C=O) groups excluding carboxylic acids is 2. The molecule has 4 N–H and O–H groups in total. The van der Waals surface area contributed by atoms with Crippen molar-refractivity contribution in [2.45, 2.75) is 71.6 Å². The predicted octanol–water partition coefficient (Wildman–Crippen LogP) is 1.89. The molecule has 0 aromatic heterocycles. The van der Waals surface area contributed by atoms with Gasteiger partial charge in [-0.15, -0.1) is 0 Å². The van der Waals surface area contributed by atoms with Crippen LogP contribution in [0.5, 0.6) is 0 Å². The molecule has 40 heavy (non-hydrogen) atoms. The lowest BCUT2D eigenvalue weighted by Crippen LogP contribution is -2.55. The summed E-state index contributed by atoms with van der Waals surface area (Å²) >= 11 is 0. The molecule has 1 aliphatic carbocycles. The smallest absolute Gasteiger partial charge is 0.235 e. The summed E-state index contributed by atoms with van der Waals surface area (Å²) in [7, 11) is 3.63. The van der Waals surface area contributed by atoms with Crippen LogP contribution in [0.3, 0.4) is 0 Å². The minimum atomic E-state index is -0.150. The first kappa shape index (κ1) is 29.7. The van der Waals surface area contributed by atoms with E-state index in [0.717, 1.165) is 47.7 Å². The Morgan fingerprint density at radius 3 is 2.55 bits per heavy atom. The second kappa shape index (κ2) is 13.4. The van der Waals surface area contributed by atoms with Crippen molar-refractivity contribution in [2.75, 3.05) is 40.5 Å². The van der Waals surface area contributed by atoms with Crippen molar-refractivity contribution in [1.29, 1.82) is 0 Å². The number of hydrogen-bond acceptors (Lipinski definition) is 9. The lowest BCUT2D eigenvalue weighted by atomic mass is 10.0. The number of amides is 2. The summed E-state index contributed by atoms with van der Waals surface area (Å²) in [5, 5.41) is 11.6. The van der Waals surface area contributed by atoms with E-state index < -0.39 is 0 Å². The van der Waals surface area contributed by atoms with Gasteiger partial charge in [-0.05, 0) is 58.4 Å². The van der Waals surface area contributed by atoms with Crippen LogP contribution in [0.4, 0.5) is 0 Å². The molecule has 3 heterocycles. The summed E-state index contributed by atoms with van der Waals surface area (Å²) in [6.07, 6.45) is 9.40. The first-order valence-corrected chi connectivity index (χ1v) is 14.3. The fourth-order valence-electron chi connectivity index (χ4n) is 5.24. The SMILES string of the molecule is C\C=C(OC)/C(=C(C)\C=C\C1=NC(O[C@H](C)[C@H]2CNC(=O)C2)=C(NC2CC2)C(NC)C1)N1CCN(C(C)=O)NC1. The van der Waals surface area contributed by atoms with Gasteiger partial charge in [0.2, 0.25) is 17.7 Å². The van der Waals surface area contributed by atoms with Crippen LogP contribution in [0.15, 0.2) is 51.8 Å². The van der Waals surface area contributed by atoms with Crippen molar-refractivity contribution < 1.29 is 19.1 Å². The highest BCUT2D eigenvalue weighted by Crippen LogP contribution is 2.29. The highest BCUT2D eigenvalue weighted by molar-refractivity contribution is 5.97. The van der Waals surface area contributed by atoms with Crippen molar-refractivity contribution in [3.05, 3.63) is 46.8 Å². The van der Waals surface area contributed by atoms with Crippen LogP contribution in [-0.4, -0.2) is 86.1 Å². The van der Waals surface area contributed by atoms with Crippen LogP contribution in [0.25, 0.3) is 0 Å². The number of aliphatic imine (C=N–C) groups is 1. The summed E-state index contributed by atoms with van der Waals surface area (Å²) in [6.45, 7) is 9.98. The van der Waals surface area contributed by atoms with Crippen molar-refractivity contribution in [3.63, 3.8) is 0 Å². The fourth-order valence-corrected chi connectivity index (χ4v) is 5.24. The Kier molecular flexibility index (Phi) is 9.91. The Bertz CT molecular complexity index is 1110. The van der Waals surface area contributed by atoms with Gasteiger partial charge in [0.1, 0.15) is 11.9 Å². The topological polar surface area (TPSA) is 120 Å². The molecule has 2 saturated heterocycles. The van der Waals surface area contributed by atoms with E-state index in [1.807, 2.05) is 33.0 Å². The van der Waals surface area contributed by atoms with Gasteiger partial charge >= 0.3 is 0 Å². The Morgan fingerprint density at radius 2 is 2.00 bits per heavy atom. The van der Waals surface area contributed by atoms with Gasteiger partial charge in [0.25, 0.3) is 0 Å². The number of likely N-dealkylation sites (N-methyl/N-ethyl adjacent to an activating group) is 1. The number of methoxy groups -OCH3 is 1. The third kappa shape index (κ3) is 7.25. The van der Waals surface area contributed by atoms with Gasteiger partial charge in [0.05, 0.1) is 37.8 Å². The maximum Gasteiger partial charge on any atom is 0.235 e. The molecule has 0 bridgehead atoms. The number of nitrogens with zero attached hydrogens (tertiary/aromatic N) is 3. The summed E-state index contributed by atoms with van der Waals surface area (Å²) in [5.41, 5.74) is 7.07. The summed E-state index contributed by atoms with van der Waals surface area (Å²) in [4.78, 5) is 30.7. The number of rotatable bonds is 11. The molecule has 11 heteroatoms. The minimum absolute atomic E-state index is 0.000859. The second-order valence-electron chi connectivity index (χ2n) is 10.8. The van der Waals surface area contributed by atoms with E-state index in [-0.39, 0.29) is 29.9 Å². The lowest BCUT2D eigenvalue weighted by molar-refractivity contribution is -0.134. The second-order valence-corrected chi connectivity index (χ2v) is 10.8. The molecule has 4 rings (SSSR count). The van der Waals surface area contributed by atoms with Crippen molar-refractivity contribution >= 4 is 17.5 Å². The maximum absolute atomic E-state index is 11.8. The highest BCUT2D eigenvalue weighted by atomic mass is 16.5. The van der Waals surface area contributed by atoms with E-state index in [9.17, 15) is 9.59 Å². The molecule has 4 aliphatic rings. The Balaban J connectivity index is 1.60. The molecule has 3 fully saturated rings. The standard InChI is InChI=1S/C29H45N7O4/c1-7-25(39-6)28(35-12-13-36(20(4)37)32-17-35)18(2)8-9-23-15-24(30-5)27(33-22-10-11-22)29(34-23)40-19(3)21-14-26(38)31-16-21/h7-9,19,21-22,24,30,32-33H,10-17H2,1-6H3,(H,31,38)/b9-8+,25-7+,28-18+/t19-,21-,24?/m1/s1. The van der Waals surface area contributed by atoms with E-state index >= 15 is 0 Å². The van der Waals surface area contributed by atoms with Crippen LogP contribution in [-0.2, 0) is 19.1 Å². The summed E-state index contributed by atoms with van der Waals surface area (Å²) in [6, 6.07) is 0.501. The number of carbonyl (C=O) groups is 2. The Hall–Kier alpha value is -3.31. The highest BCUT2D eigenvalue weighted by Gasteiger charge is 2.34. The monoisotopic (exact) mass is 555 g/mol. The fraction of sp³-hybridized carbons (Fsp3) is 0.621. The molecular weight excluding hydrogens is 510 g/mol. The van der Waals surface area contributed by atoms with Gasteiger partial charge in [0.15, 0.2) is 0 Å². The van der Waals surface area contributed by atoms with Gasteiger partial charge < -0.3 is 30.3 Å². The first-order chi connectivity index (χ1) is 19.2. The molecular formula is C29H45N7O4. The van der Waals surface area contributed by atoms with E-state index in [0.29, 0.717) is 44.6 Å².